The molecule has 4 atom stereocenters. The number of aromatic nitrogens is 2. The number of aliphatic hydroxyl groups is 3. The molecule has 12 nitrogen and oxygen atoms in total. The average molecular weight is 339 g/mol. The first-order valence-corrected chi connectivity index (χ1v) is 7.47. The van der Waals surface area contributed by atoms with Gasteiger partial charge in [-0.2, -0.15) is 0 Å². The smallest absolute Gasteiger partial charge is 0.371 e. The van der Waals surface area contributed by atoms with Gasteiger partial charge in [-0.25, -0.2) is 9.78 Å². The molecule has 1 saturated heterocycles. The summed E-state index contributed by atoms with van der Waals surface area (Å²) in [6.45, 7) is -0.851. The number of aromatic carboxylic acids is 1. The van der Waals surface area contributed by atoms with Gasteiger partial charge in [0.1, 0.15) is 29.8 Å². The first-order valence-electron chi connectivity index (χ1n) is 5.86. The van der Waals surface area contributed by atoms with Crippen molar-refractivity contribution in [1.29, 1.82) is 0 Å². The van der Waals surface area contributed by atoms with Crippen molar-refractivity contribution in [3.8, 4) is 0 Å². The van der Waals surface area contributed by atoms with Gasteiger partial charge in [0.2, 0.25) is 11.2 Å². The molecule has 22 heavy (non-hydrogen) atoms. The number of hydrogen-bond donors (Lipinski definition) is 8. The van der Waals surface area contributed by atoms with Crippen LogP contribution in [0.5, 0.6) is 0 Å². The molecule has 0 radical (unpaired) electrons. The highest BCUT2D eigenvalue weighted by Gasteiger charge is 2.67. The number of carbonyl (C=O) groups is 1. The number of carboxylic acids is 1. The predicted octanol–water partition coefficient (Wildman–Crippen LogP) is -2.87. The second-order valence-corrected chi connectivity index (χ2v) is 6.42. The molecule has 13 heteroatoms. The zero-order valence-electron chi connectivity index (χ0n) is 10.8. The molecule has 0 aromatic carbocycles. The molecule has 9 N–H and O–H groups in total. The highest BCUT2D eigenvalue weighted by atomic mass is 31.2. The van der Waals surface area contributed by atoms with E-state index in [4.69, 9.17) is 20.7 Å². The van der Waals surface area contributed by atoms with Gasteiger partial charge in [0.05, 0.1) is 6.61 Å². The third kappa shape index (κ3) is 2.21. The van der Waals surface area contributed by atoms with Gasteiger partial charge in [-0.05, 0) is 0 Å². The summed E-state index contributed by atoms with van der Waals surface area (Å²) in [5.41, 5.74) is 4.71. The van der Waals surface area contributed by atoms with Crippen molar-refractivity contribution in [3.63, 3.8) is 0 Å². The number of aliphatic hydroxyl groups excluding tert-OH is 3. The maximum Gasteiger partial charge on any atom is 0.371 e. The minimum absolute atomic E-state index is 0.564. The van der Waals surface area contributed by atoms with Crippen molar-refractivity contribution < 1.29 is 44.3 Å². The summed E-state index contributed by atoms with van der Waals surface area (Å²) in [4.78, 5) is 35.5. The Kier molecular flexibility index (Phi) is 4.04. The molecule has 2 heterocycles. The molecular weight excluding hydrogens is 325 g/mol. The maximum absolute atomic E-state index is 11.9. The predicted molar refractivity (Wildman–Crippen MR) is 67.7 cm³/mol. The van der Waals surface area contributed by atoms with Gasteiger partial charge in [-0.15, -0.1) is 0 Å². The SMILES string of the molecule is Nc1[nH]c(C(=O)O)nc1C1(P(=O)(O)O)O[C@H](CO)[C@@H](O)[C@H]1O. The molecular formula is C9H14N3O9P. The van der Waals surface area contributed by atoms with Crippen LogP contribution in [0.15, 0.2) is 0 Å². The van der Waals surface area contributed by atoms with Gasteiger partial charge < -0.3 is 45.7 Å². The van der Waals surface area contributed by atoms with Crippen LogP contribution < -0.4 is 5.73 Å². The molecule has 0 spiro atoms. The Morgan fingerprint density at radius 3 is 2.41 bits per heavy atom. The lowest BCUT2D eigenvalue weighted by molar-refractivity contribution is -0.0593. The minimum atomic E-state index is -5.35. The van der Waals surface area contributed by atoms with Crippen LogP contribution in [0, 0.1) is 0 Å². The van der Waals surface area contributed by atoms with Crippen molar-refractivity contribution in [2.75, 3.05) is 12.3 Å². The number of aromatic amines is 1. The Bertz CT molecular complexity index is 642. The Morgan fingerprint density at radius 2 is 2.05 bits per heavy atom. The fourth-order valence-electron chi connectivity index (χ4n) is 2.29. The number of rotatable bonds is 4. The van der Waals surface area contributed by atoms with E-state index in [0.29, 0.717) is 0 Å². The first-order chi connectivity index (χ1) is 10.1. The van der Waals surface area contributed by atoms with Crippen molar-refractivity contribution in [2.24, 2.45) is 0 Å². The van der Waals surface area contributed by atoms with E-state index in [1.54, 1.807) is 0 Å². The van der Waals surface area contributed by atoms with Crippen molar-refractivity contribution in [1.82, 2.24) is 9.97 Å². The number of nitrogens with one attached hydrogen (secondary N) is 1. The maximum atomic E-state index is 11.9. The van der Waals surface area contributed by atoms with Gasteiger partial charge in [0.15, 0.2) is 0 Å². The molecule has 1 aliphatic heterocycles. The average Bonchev–Trinajstić information content (AvgIpc) is 2.90. The standard InChI is InChI=1S/C9H14N3O9P/c10-6-4(11-7(12-6)8(16)17)9(22(18,19)20)5(15)3(14)2(1-13)21-9/h2-3,5,13-15H,1,10H2,(H,11,12)(H,16,17)(H2,18,19,20)/t2-,3-,5-,9?/m1/s1. The molecule has 1 aromatic heterocycles. The molecule has 0 bridgehead atoms. The molecule has 2 rings (SSSR count). The van der Waals surface area contributed by atoms with Gasteiger partial charge in [-0.3, -0.25) is 4.57 Å². The Labute approximate surface area is 122 Å². The number of nitrogen functional groups attached to an aromatic ring is 1. The topological polar surface area (TPSA) is 219 Å². The van der Waals surface area contributed by atoms with Crippen LogP contribution in [0.2, 0.25) is 0 Å². The lowest BCUT2D eigenvalue weighted by atomic mass is 10.1. The minimum Gasteiger partial charge on any atom is -0.475 e. The Balaban J connectivity index is 2.68. The lowest BCUT2D eigenvalue weighted by Gasteiger charge is -2.31. The van der Waals surface area contributed by atoms with Crippen LogP contribution in [0.3, 0.4) is 0 Å². The normalized spacial score (nSPS) is 32.3. The number of anilines is 1. The third-order valence-electron chi connectivity index (χ3n) is 3.32. The fraction of sp³-hybridized carbons (Fsp3) is 0.556. The van der Waals surface area contributed by atoms with Gasteiger partial charge in [-0.1, -0.05) is 0 Å². The van der Waals surface area contributed by atoms with E-state index in [9.17, 15) is 29.4 Å². The molecule has 0 aliphatic carbocycles. The van der Waals surface area contributed by atoms with Crippen LogP contribution in [0.4, 0.5) is 5.82 Å². The summed E-state index contributed by atoms with van der Waals surface area (Å²) in [5.74, 6) is -2.87. The summed E-state index contributed by atoms with van der Waals surface area (Å²) >= 11 is 0. The van der Waals surface area contributed by atoms with E-state index >= 15 is 0 Å². The monoisotopic (exact) mass is 339 g/mol. The number of imidazole rings is 1. The van der Waals surface area contributed by atoms with Gasteiger partial charge >= 0.3 is 13.6 Å². The molecule has 124 valence electrons. The van der Waals surface area contributed by atoms with E-state index in [-0.39, 0.29) is 0 Å². The van der Waals surface area contributed by atoms with Crippen molar-refractivity contribution in [3.05, 3.63) is 11.5 Å². The first kappa shape index (κ1) is 16.8. The van der Waals surface area contributed by atoms with Gasteiger partial charge in [0.25, 0.3) is 0 Å². The second-order valence-electron chi connectivity index (χ2n) is 4.67. The van der Waals surface area contributed by atoms with E-state index in [1.807, 2.05) is 0 Å². The summed E-state index contributed by atoms with van der Waals surface area (Å²) in [7, 11) is -5.35. The molecule has 1 fully saturated rings. The number of nitrogens with two attached hydrogens (primary N) is 1. The van der Waals surface area contributed by atoms with E-state index in [0.717, 1.165) is 0 Å². The second kappa shape index (κ2) is 5.28. The zero-order valence-corrected chi connectivity index (χ0v) is 11.7. The van der Waals surface area contributed by atoms with Crippen LogP contribution in [0.25, 0.3) is 0 Å². The summed E-state index contributed by atoms with van der Waals surface area (Å²) in [6, 6.07) is 0. The number of carboxylic acid groups (broad SMARTS) is 1. The molecule has 0 saturated carbocycles. The summed E-state index contributed by atoms with van der Waals surface area (Å²) in [5, 5.41) is 34.8. The molecule has 1 aliphatic rings. The Morgan fingerprint density at radius 1 is 1.45 bits per heavy atom. The number of H-pyrrole nitrogens is 1. The van der Waals surface area contributed by atoms with Gasteiger partial charge in [0, 0.05) is 0 Å². The molecule has 0 amide bonds. The van der Waals surface area contributed by atoms with Crippen LogP contribution in [-0.2, 0) is 14.6 Å². The van der Waals surface area contributed by atoms with E-state index in [2.05, 4.69) is 9.97 Å². The summed E-state index contributed by atoms with van der Waals surface area (Å²) in [6.07, 6.45) is -5.56. The molecule has 1 aromatic rings. The summed E-state index contributed by atoms with van der Waals surface area (Å²) < 4.78 is 16.8. The van der Waals surface area contributed by atoms with Crippen molar-refractivity contribution in [2.45, 2.75) is 23.7 Å². The highest BCUT2D eigenvalue weighted by molar-refractivity contribution is 7.53. The van der Waals surface area contributed by atoms with E-state index < -0.39 is 61.2 Å². The number of hydrogen-bond acceptors (Lipinski definition) is 8. The largest absolute Gasteiger partial charge is 0.475 e. The quantitative estimate of drug-likeness (QED) is 0.260. The van der Waals surface area contributed by atoms with Crippen LogP contribution in [-0.4, -0.2) is 71.1 Å². The zero-order chi connectivity index (χ0) is 16.9. The molecule has 1 unspecified atom stereocenters. The number of ether oxygens (including phenoxy) is 1. The van der Waals surface area contributed by atoms with Crippen LogP contribution in [0.1, 0.15) is 16.3 Å². The number of nitrogens with zero attached hydrogens (tertiary/aromatic N) is 1. The Hall–Kier alpha value is -1.53. The van der Waals surface area contributed by atoms with Crippen LogP contribution >= 0.6 is 7.60 Å². The fourth-order valence-corrected chi connectivity index (χ4v) is 3.50. The van der Waals surface area contributed by atoms with E-state index in [1.165, 1.54) is 0 Å². The lowest BCUT2D eigenvalue weighted by Crippen LogP contribution is -2.41. The van der Waals surface area contributed by atoms with Crippen molar-refractivity contribution >= 4 is 19.4 Å². The third-order valence-corrected chi connectivity index (χ3v) is 4.77. The highest BCUT2D eigenvalue weighted by Crippen LogP contribution is 2.64.